The van der Waals surface area contributed by atoms with E-state index in [1.807, 2.05) is 17.8 Å². The van der Waals surface area contributed by atoms with E-state index in [9.17, 15) is 0 Å². The lowest BCUT2D eigenvalue weighted by molar-refractivity contribution is 0.169. The maximum absolute atomic E-state index is 4.92. The van der Waals surface area contributed by atoms with Crippen molar-refractivity contribution in [2.24, 2.45) is 4.99 Å². The van der Waals surface area contributed by atoms with Gasteiger partial charge in [-0.05, 0) is 26.0 Å². The highest BCUT2D eigenvalue weighted by Gasteiger charge is 2.20. The Morgan fingerprint density at radius 2 is 1.96 bits per heavy atom. The van der Waals surface area contributed by atoms with Crippen molar-refractivity contribution in [1.82, 2.24) is 20.3 Å². The van der Waals surface area contributed by atoms with E-state index in [0.717, 1.165) is 63.2 Å². The van der Waals surface area contributed by atoms with Crippen LogP contribution in [0.25, 0.3) is 0 Å². The first-order chi connectivity index (χ1) is 13.2. The number of aryl methyl sites for hydroxylation is 1. The topological polar surface area (TPSA) is 56.9 Å². The molecular formula is C20H29N5OS. The van der Waals surface area contributed by atoms with Crippen LogP contribution in [-0.4, -0.2) is 65.9 Å². The van der Waals surface area contributed by atoms with Crippen molar-refractivity contribution in [3.8, 4) is 0 Å². The second-order valence-corrected chi connectivity index (χ2v) is 7.82. The second kappa shape index (κ2) is 10.4. The molecule has 3 rings (SSSR count). The molecule has 7 heteroatoms. The van der Waals surface area contributed by atoms with Crippen LogP contribution in [0.4, 0.5) is 0 Å². The van der Waals surface area contributed by atoms with E-state index in [4.69, 9.17) is 9.52 Å². The van der Waals surface area contributed by atoms with Gasteiger partial charge in [0.25, 0.3) is 0 Å². The van der Waals surface area contributed by atoms with Crippen LogP contribution in [0.1, 0.15) is 18.2 Å². The number of thioether (sulfide) groups is 1. The minimum Gasteiger partial charge on any atom is -0.364 e. The normalized spacial score (nSPS) is 15.9. The van der Waals surface area contributed by atoms with Crippen LogP contribution in [0.5, 0.6) is 0 Å². The van der Waals surface area contributed by atoms with Crippen molar-refractivity contribution in [3.05, 3.63) is 47.9 Å². The zero-order valence-corrected chi connectivity index (χ0v) is 17.0. The average Bonchev–Trinajstić information content (AvgIpc) is 3.19. The third-order valence-corrected chi connectivity index (χ3v) is 5.52. The highest BCUT2D eigenvalue weighted by atomic mass is 32.2. The first kappa shape index (κ1) is 19.8. The molecule has 146 valence electrons. The van der Waals surface area contributed by atoms with Gasteiger partial charge in [-0.25, -0.2) is 0 Å². The van der Waals surface area contributed by atoms with E-state index in [0.29, 0.717) is 0 Å². The molecule has 1 N–H and O–H groups in total. The van der Waals surface area contributed by atoms with E-state index in [1.54, 1.807) is 6.26 Å². The largest absolute Gasteiger partial charge is 0.364 e. The maximum Gasteiger partial charge on any atom is 0.194 e. The Labute approximate surface area is 166 Å². The van der Waals surface area contributed by atoms with E-state index >= 15 is 0 Å². The van der Waals surface area contributed by atoms with Gasteiger partial charge < -0.3 is 14.7 Å². The Bertz CT molecular complexity index is 694. The SMILES string of the molecule is CCNC(=NCCSc1ccc(C)cc1)N1CCN(Cc2ccon2)CC1. The van der Waals surface area contributed by atoms with Gasteiger partial charge in [-0.1, -0.05) is 22.9 Å². The lowest BCUT2D eigenvalue weighted by Gasteiger charge is -2.36. The van der Waals surface area contributed by atoms with Crippen LogP contribution in [0.2, 0.25) is 0 Å². The molecule has 1 aromatic heterocycles. The number of nitrogens with zero attached hydrogens (tertiary/aromatic N) is 4. The van der Waals surface area contributed by atoms with Crippen LogP contribution in [0.15, 0.2) is 51.0 Å². The van der Waals surface area contributed by atoms with E-state index < -0.39 is 0 Å². The van der Waals surface area contributed by atoms with Crippen molar-refractivity contribution < 1.29 is 4.52 Å². The molecule has 6 nitrogen and oxygen atoms in total. The van der Waals surface area contributed by atoms with Gasteiger partial charge in [0.1, 0.15) is 6.26 Å². The molecule has 27 heavy (non-hydrogen) atoms. The van der Waals surface area contributed by atoms with E-state index in [2.05, 4.69) is 58.4 Å². The molecule has 1 fully saturated rings. The lowest BCUT2D eigenvalue weighted by Crippen LogP contribution is -2.52. The number of piperazine rings is 1. The summed E-state index contributed by atoms with van der Waals surface area (Å²) in [7, 11) is 0. The van der Waals surface area contributed by atoms with Gasteiger partial charge in [-0.2, -0.15) is 0 Å². The summed E-state index contributed by atoms with van der Waals surface area (Å²) in [5.41, 5.74) is 2.30. The second-order valence-electron chi connectivity index (χ2n) is 6.65. The van der Waals surface area contributed by atoms with Crippen LogP contribution in [-0.2, 0) is 6.54 Å². The molecule has 0 spiro atoms. The minimum absolute atomic E-state index is 0.819. The third kappa shape index (κ3) is 6.29. The fraction of sp³-hybridized carbons (Fsp3) is 0.500. The summed E-state index contributed by atoms with van der Waals surface area (Å²) in [4.78, 5) is 10.9. The predicted molar refractivity (Wildman–Crippen MR) is 111 cm³/mol. The molecule has 2 aromatic rings. The van der Waals surface area contributed by atoms with Gasteiger partial charge in [-0.3, -0.25) is 9.89 Å². The number of hydrogen-bond donors (Lipinski definition) is 1. The van der Waals surface area contributed by atoms with E-state index in [-0.39, 0.29) is 0 Å². The van der Waals surface area contributed by atoms with Gasteiger partial charge in [0.2, 0.25) is 0 Å². The molecule has 2 heterocycles. The summed E-state index contributed by atoms with van der Waals surface area (Å²) >= 11 is 1.86. The van der Waals surface area contributed by atoms with Crippen molar-refractivity contribution in [1.29, 1.82) is 0 Å². The summed E-state index contributed by atoms with van der Waals surface area (Å²) in [6.45, 7) is 10.8. The Morgan fingerprint density at radius 3 is 2.63 bits per heavy atom. The highest BCUT2D eigenvalue weighted by molar-refractivity contribution is 7.99. The first-order valence-electron chi connectivity index (χ1n) is 9.59. The smallest absolute Gasteiger partial charge is 0.194 e. The zero-order chi connectivity index (χ0) is 18.9. The summed E-state index contributed by atoms with van der Waals surface area (Å²) in [6, 6.07) is 10.6. The number of guanidine groups is 1. The fourth-order valence-electron chi connectivity index (χ4n) is 3.04. The number of aromatic nitrogens is 1. The predicted octanol–water partition coefficient (Wildman–Crippen LogP) is 2.86. The Balaban J connectivity index is 1.45. The molecule has 0 unspecified atom stereocenters. The molecule has 1 saturated heterocycles. The quantitative estimate of drug-likeness (QED) is 0.341. The van der Waals surface area contributed by atoms with Crippen molar-refractivity contribution in [2.45, 2.75) is 25.3 Å². The van der Waals surface area contributed by atoms with Crippen LogP contribution < -0.4 is 5.32 Å². The molecule has 0 atom stereocenters. The van der Waals surface area contributed by atoms with Gasteiger partial charge in [0.05, 0.1) is 12.2 Å². The van der Waals surface area contributed by atoms with Crippen molar-refractivity contribution in [3.63, 3.8) is 0 Å². The monoisotopic (exact) mass is 387 g/mol. The molecule has 0 amide bonds. The number of nitrogens with one attached hydrogen (secondary N) is 1. The van der Waals surface area contributed by atoms with E-state index in [1.165, 1.54) is 10.5 Å². The molecule has 1 aliphatic rings. The molecule has 1 aliphatic heterocycles. The number of hydrogen-bond acceptors (Lipinski definition) is 5. The summed E-state index contributed by atoms with van der Waals surface area (Å²) in [5, 5.41) is 7.44. The summed E-state index contributed by atoms with van der Waals surface area (Å²) < 4.78 is 4.92. The fourth-order valence-corrected chi connectivity index (χ4v) is 3.79. The first-order valence-corrected chi connectivity index (χ1v) is 10.6. The molecular weight excluding hydrogens is 358 g/mol. The third-order valence-electron chi connectivity index (χ3n) is 4.53. The number of rotatable bonds is 7. The van der Waals surface area contributed by atoms with Crippen LogP contribution in [0.3, 0.4) is 0 Å². The Morgan fingerprint density at radius 1 is 1.19 bits per heavy atom. The zero-order valence-electron chi connectivity index (χ0n) is 16.2. The minimum atomic E-state index is 0.819. The Hall–Kier alpha value is -1.99. The Kier molecular flexibility index (Phi) is 7.59. The molecule has 0 radical (unpaired) electrons. The average molecular weight is 388 g/mol. The van der Waals surface area contributed by atoms with Crippen molar-refractivity contribution >= 4 is 17.7 Å². The summed E-state index contributed by atoms with van der Waals surface area (Å²) in [5.74, 6) is 2.02. The number of benzene rings is 1. The lowest BCUT2D eigenvalue weighted by atomic mass is 10.2. The molecule has 0 bridgehead atoms. The highest BCUT2D eigenvalue weighted by Crippen LogP contribution is 2.18. The standard InChI is InChI=1S/C20H29N5OS/c1-3-21-20(22-9-15-27-19-6-4-17(2)5-7-19)25-12-10-24(11-13-25)16-18-8-14-26-23-18/h4-8,14H,3,9-13,15-16H2,1-2H3,(H,21,22). The molecule has 0 aliphatic carbocycles. The van der Waals surface area contributed by atoms with Crippen LogP contribution >= 0.6 is 11.8 Å². The van der Waals surface area contributed by atoms with Crippen LogP contribution in [0, 0.1) is 6.92 Å². The van der Waals surface area contributed by atoms with Crippen molar-refractivity contribution in [2.75, 3.05) is 45.0 Å². The molecule has 1 aromatic carbocycles. The van der Waals surface area contributed by atoms with Gasteiger partial charge in [0, 0.05) is 56.0 Å². The maximum atomic E-state index is 4.92. The number of aliphatic imine (C=N–C) groups is 1. The van der Waals surface area contributed by atoms with Gasteiger partial charge >= 0.3 is 0 Å². The summed E-state index contributed by atoms with van der Waals surface area (Å²) in [6.07, 6.45) is 1.64. The molecule has 0 saturated carbocycles. The van der Waals surface area contributed by atoms with Gasteiger partial charge in [0.15, 0.2) is 5.96 Å². The van der Waals surface area contributed by atoms with Gasteiger partial charge in [-0.15, -0.1) is 11.8 Å².